The normalized spacial score (nSPS) is 21.1. The molecule has 0 atom stereocenters. The van der Waals surface area contributed by atoms with Crippen LogP contribution in [0.5, 0.6) is 0 Å². The third-order valence-electron chi connectivity index (χ3n) is 3.89. The molecule has 2 aliphatic rings. The van der Waals surface area contributed by atoms with Gasteiger partial charge in [0.05, 0.1) is 28.2 Å². The lowest BCUT2D eigenvalue weighted by Crippen LogP contribution is -2.42. The highest BCUT2D eigenvalue weighted by Crippen LogP contribution is 2.35. The van der Waals surface area contributed by atoms with Gasteiger partial charge in [-0.25, -0.2) is 0 Å². The smallest absolute Gasteiger partial charge is 0.266 e. The summed E-state index contributed by atoms with van der Waals surface area (Å²) in [7, 11) is 0. The lowest BCUT2D eigenvalue weighted by atomic mass is 10.2. The summed E-state index contributed by atoms with van der Waals surface area (Å²) in [5.74, 6) is -0.0747. The minimum Gasteiger partial charge on any atom is -0.379 e. The summed E-state index contributed by atoms with van der Waals surface area (Å²) >= 11 is 18.9. The molecule has 1 aromatic carbocycles. The number of rotatable bonds is 4. The molecule has 2 saturated heterocycles. The van der Waals surface area contributed by atoms with Gasteiger partial charge in [-0.1, -0.05) is 59.3 Å². The first-order chi connectivity index (χ1) is 11.6. The summed E-state index contributed by atoms with van der Waals surface area (Å²) in [6.45, 7) is 4.65. The van der Waals surface area contributed by atoms with Gasteiger partial charge in [-0.15, -0.1) is 0 Å². The van der Waals surface area contributed by atoms with Crippen molar-refractivity contribution in [1.29, 1.82) is 0 Å². The number of carbonyl (C=O) groups is 1. The third kappa shape index (κ3) is 4.12. The van der Waals surface area contributed by atoms with Crippen LogP contribution in [0.4, 0.5) is 0 Å². The molecule has 3 rings (SSSR count). The van der Waals surface area contributed by atoms with E-state index < -0.39 is 0 Å². The largest absolute Gasteiger partial charge is 0.379 e. The summed E-state index contributed by atoms with van der Waals surface area (Å²) < 4.78 is 5.91. The molecule has 0 unspecified atom stereocenters. The number of carbonyl (C=O) groups excluding carboxylic acids is 1. The van der Waals surface area contributed by atoms with Crippen LogP contribution in [-0.4, -0.2) is 59.4 Å². The van der Waals surface area contributed by atoms with Gasteiger partial charge in [-0.05, 0) is 17.7 Å². The third-order valence-corrected chi connectivity index (χ3v) is 6.10. The molecular weight excluding hydrogens is 387 g/mol. The SMILES string of the molecule is O=C1C(=Cc2cccc(Cl)c2Cl)SC(=S)N1CCN1CCOCC1. The van der Waals surface area contributed by atoms with Gasteiger partial charge in [0, 0.05) is 26.2 Å². The maximum absolute atomic E-state index is 12.6. The van der Waals surface area contributed by atoms with Crippen molar-refractivity contribution >= 4 is 63.5 Å². The van der Waals surface area contributed by atoms with Crippen LogP contribution < -0.4 is 0 Å². The Morgan fingerprint density at radius 2 is 2.00 bits per heavy atom. The van der Waals surface area contributed by atoms with Gasteiger partial charge in [-0.2, -0.15) is 0 Å². The number of hydrogen-bond acceptors (Lipinski definition) is 5. The fourth-order valence-electron chi connectivity index (χ4n) is 2.53. The average Bonchev–Trinajstić information content (AvgIpc) is 2.85. The van der Waals surface area contributed by atoms with Crippen LogP contribution in [0.2, 0.25) is 10.0 Å². The average molecular weight is 403 g/mol. The van der Waals surface area contributed by atoms with E-state index >= 15 is 0 Å². The summed E-state index contributed by atoms with van der Waals surface area (Å²) in [6.07, 6.45) is 1.75. The lowest BCUT2D eigenvalue weighted by Gasteiger charge is -2.28. The molecule has 2 aliphatic heterocycles. The number of ether oxygens (including phenoxy) is 1. The second-order valence-corrected chi connectivity index (χ2v) is 7.89. The molecule has 0 radical (unpaired) electrons. The summed E-state index contributed by atoms with van der Waals surface area (Å²) in [5, 5.41) is 0.908. The van der Waals surface area contributed by atoms with Gasteiger partial charge in [-0.3, -0.25) is 14.6 Å². The highest BCUT2D eigenvalue weighted by molar-refractivity contribution is 8.26. The summed E-state index contributed by atoms with van der Waals surface area (Å²) in [4.78, 5) is 17.1. The number of morpholine rings is 1. The van der Waals surface area contributed by atoms with Gasteiger partial charge < -0.3 is 4.74 Å². The monoisotopic (exact) mass is 402 g/mol. The summed E-state index contributed by atoms with van der Waals surface area (Å²) in [6, 6.07) is 5.35. The molecule has 2 fully saturated rings. The Balaban J connectivity index is 1.69. The fourth-order valence-corrected chi connectivity index (χ4v) is 4.19. The molecule has 0 bridgehead atoms. The van der Waals surface area contributed by atoms with Gasteiger partial charge >= 0.3 is 0 Å². The van der Waals surface area contributed by atoms with Crippen LogP contribution in [0.25, 0.3) is 6.08 Å². The first-order valence-electron chi connectivity index (χ1n) is 7.56. The van der Waals surface area contributed by atoms with Crippen molar-refractivity contribution in [3.63, 3.8) is 0 Å². The van der Waals surface area contributed by atoms with Gasteiger partial charge in [0.2, 0.25) is 0 Å². The minimum absolute atomic E-state index is 0.0747. The molecule has 1 aromatic rings. The van der Waals surface area contributed by atoms with E-state index in [1.807, 2.05) is 6.07 Å². The molecule has 8 heteroatoms. The molecule has 0 N–H and O–H groups in total. The highest BCUT2D eigenvalue weighted by Gasteiger charge is 2.32. The topological polar surface area (TPSA) is 32.8 Å². The maximum Gasteiger partial charge on any atom is 0.266 e. The van der Waals surface area contributed by atoms with Crippen molar-refractivity contribution in [2.75, 3.05) is 39.4 Å². The number of thioether (sulfide) groups is 1. The van der Waals surface area contributed by atoms with Crippen LogP contribution in [0, 0.1) is 0 Å². The second-order valence-electron chi connectivity index (χ2n) is 5.43. The Bertz CT molecular complexity index is 691. The molecule has 1 amide bonds. The number of nitrogens with zero attached hydrogens (tertiary/aromatic N) is 2. The summed E-state index contributed by atoms with van der Waals surface area (Å²) in [5.41, 5.74) is 0.720. The molecule has 0 saturated carbocycles. The van der Waals surface area contributed by atoms with E-state index in [-0.39, 0.29) is 5.91 Å². The quantitative estimate of drug-likeness (QED) is 0.568. The van der Waals surface area contributed by atoms with Crippen molar-refractivity contribution in [2.45, 2.75) is 0 Å². The molecule has 128 valence electrons. The lowest BCUT2D eigenvalue weighted by molar-refractivity contribution is -0.122. The van der Waals surface area contributed by atoms with Crippen LogP contribution in [0.1, 0.15) is 5.56 Å². The van der Waals surface area contributed by atoms with Crippen molar-refractivity contribution < 1.29 is 9.53 Å². The Morgan fingerprint density at radius 3 is 2.75 bits per heavy atom. The van der Waals surface area contributed by atoms with E-state index in [0.717, 1.165) is 38.4 Å². The molecule has 24 heavy (non-hydrogen) atoms. The van der Waals surface area contributed by atoms with Crippen LogP contribution in [0.3, 0.4) is 0 Å². The van der Waals surface area contributed by atoms with Gasteiger partial charge in [0.25, 0.3) is 5.91 Å². The van der Waals surface area contributed by atoms with Crippen LogP contribution >= 0.6 is 47.2 Å². The van der Waals surface area contributed by atoms with E-state index in [2.05, 4.69) is 4.90 Å². The number of hydrogen-bond donors (Lipinski definition) is 0. The molecule has 2 heterocycles. The standard InChI is InChI=1S/C16H16Cl2N2O2S2/c17-12-3-1-2-11(14(12)18)10-13-15(21)20(16(23)24-13)5-4-19-6-8-22-9-7-19/h1-3,10H,4-9H2. The van der Waals surface area contributed by atoms with Gasteiger partial charge in [0.1, 0.15) is 4.32 Å². The van der Waals surface area contributed by atoms with Crippen molar-refractivity contribution in [2.24, 2.45) is 0 Å². The first-order valence-corrected chi connectivity index (χ1v) is 9.54. The predicted molar refractivity (Wildman–Crippen MR) is 104 cm³/mol. The number of amides is 1. The van der Waals surface area contributed by atoms with Gasteiger partial charge in [0.15, 0.2) is 0 Å². The highest BCUT2D eigenvalue weighted by atomic mass is 35.5. The van der Waals surface area contributed by atoms with Crippen molar-refractivity contribution in [1.82, 2.24) is 9.80 Å². The zero-order valence-corrected chi connectivity index (χ0v) is 16.0. The predicted octanol–water partition coefficient (Wildman–Crippen LogP) is 3.53. The van der Waals surface area contributed by atoms with Crippen LogP contribution in [0.15, 0.2) is 23.1 Å². The Kier molecular flexibility index (Phi) is 6.18. The number of thiocarbonyl (C=S) groups is 1. The van der Waals surface area contributed by atoms with E-state index in [9.17, 15) is 4.79 Å². The fraction of sp³-hybridized carbons (Fsp3) is 0.375. The molecule has 0 spiro atoms. The zero-order chi connectivity index (χ0) is 17.1. The number of halogens is 2. The molecule has 4 nitrogen and oxygen atoms in total. The Labute approximate surface area is 160 Å². The molecular formula is C16H16Cl2N2O2S2. The van der Waals surface area contributed by atoms with E-state index in [4.69, 9.17) is 40.2 Å². The molecule has 0 aromatic heterocycles. The van der Waals surface area contributed by atoms with Crippen molar-refractivity contribution in [3.8, 4) is 0 Å². The van der Waals surface area contributed by atoms with E-state index in [0.29, 0.717) is 25.8 Å². The first kappa shape index (κ1) is 18.2. The van der Waals surface area contributed by atoms with E-state index in [1.165, 1.54) is 11.8 Å². The Hall–Kier alpha value is -0.630. The minimum atomic E-state index is -0.0747. The molecule has 0 aliphatic carbocycles. The van der Waals surface area contributed by atoms with Crippen LogP contribution in [-0.2, 0) is 9.53 Å². The second kappa shape index (κ2) is 8.17. The van der Waals surface area contributed by atoms with E-state index in [1.54, 1.807) is 23.1 Å². The zero-order valence-electron chi connectivity index (χ0n) is 12.8. The van der Waals surface area contributed by atoms with Crippen molar-refractivity contribution in [3.05, 3.63) is 38.7 Å². The maximum atomic E-state index is 12.6. The number of benzene rings is 1. The Morgan fingerprint density at radius 1 is 1.25 bits per heavy atom.